The van der Waals surface area contributed by atoms with Crippen molar-refractivity contribution >= 4 is 63.0 Å². The molecule has 0 radical (unpaired) electrons. The Balaban J connectivity index is 0.935. The molecule has 2 nitrogen and oxygen atoms in total. The van der Waals surface area contributed by atoms with Gasteiger partial charge in [0.15, 0.2) is 0 Å². The van der Waals surface area contributed by atoms with Crippen LogP contribution in [0, 0.1) is 0 Å². The van der Waals surface area contributed by atoms with Crippen LogP contribution in [0.25, 0.3) is 63.0 Å². The minimum Gasteiger partial charge on any atom is -0.461 e. The molecule has 0 atom stereocenters. The average molecular weight is 759 g/mol. The zero-order chi connectivity index (χ0) is 37.0. The van der Waals surface area contributed by atoms with Gasteiger partial charge in [0.2, 0.25) is 0 Å². The lowest BCUT2D eigenvalue weighted by Gasteiger charge is -2.02. The fourth-order valence-electron chi connectivity index (χ4n) is 8.26. The number of unbranched alkanes of at least 4 members (excludes halogenated alkanes) is 18. The average Bonchev–Trinajstić information content (AvgIpc) is 4.00. The molecule has 3 aromatic carbocycles. The van der Waals surface area contributed by atoms with Gasteiger partial charge in [-0.05, 0) is 61.4 Å². The Morgan fingerprint density at radius 1 is 0.352 bits per heavy atom. The largest absolute Gasteiger partial charge is 0.461 e. The van der Waals surface area contributed by atoms with E-state index in [4.69, 9.17) is 8.83 Å². The van der Waals surface area contributed by atoms with Crippen LogP contribution in [0.1, 0.15) is 154 Å². The highest BCUT2D eigenvalue weighted by Crippen LogP contribution is 2.43. The van der Waals surface area contributed by atoms with E-state index in [0.717, 1.165) is 35.9 Å². The summed E-state index contributed by atoms with van der Waals surface area (Å²) in [5.74, 6) is 4.21. The molecule has 0 aliphatic carbocycles. The molecule has 7 aromatic rings. The fraction of sp³-hybridized carbons (Fsp3) is 0.480. The Morgan fingerprint density at radius 2 is 0.704 bits per heavy atom. The lowest BCUT2D eigenvalue weighted by Crippen LogP contribution is -1.84. The topological polar surface area (TPSA) is 26.3 Å². The van der Waals surface area contributed by atoms with Gasteiger partial charge < -0.3 is 8.83 Å². The van der Waals surface area contributed by atoms with Gasteiger partial charge >= 0.3 is 0 Å². The number of rotatable bonds is 24. The van der Waals surface area contributed by atoms with Crippen molar-refractivity contribution in [3.63, 3.8) is 0 Å². The molecule has 0 aliphatic rings. The van der Waals surface area contributed by atoms with Crippen LogP contribution in [0.4, 0.5) is 0 Å². The molecule has 286 valence electrons. The van der Waals surface area contributed by atoms with E-state index in [1.54, 1.807) is 0 Å². The van der Waals surface area contributed by atoms with Gasteiger partial charge in [0.05, 0.1) is 0 Å². The summed E-state index contributed by atoms with van der Waals surface area (Å²) >= 11 is 3.80. The summed E-state index contributed by atoms with van der Waals surface area (Å²) in [5.41, 5.74) is 2.35. The van der Waals surface area contributed by atoms with E-state index in [-0.39, 0.29) is 0 Å². The Labute approximate surface area is 332 Å². The number of fused-ring (bicyclic) bond motifs is 6. The van der Waals surface area contributed by atoms with E-state index in [1.165, 1.54) is 180 Å². The molecule has 0 bridgehead atoms. The van der Waals surface area contributed by atoms with Gasteiger partial charge in [-0.25, -0.2) is 0 Å². The Kier molecular flexibility index (Phi) is 14.4. The minimum absolute atomic E-state index is 0.988. The first-order chi connectivity index (χ1) is 26.7. The summed E-state index contributed by atoms with van der Waals surface area (Å²) in [7, 11) is 0. The zero-order valence-corrected chi connectivity index (χ0v) is 34.8. The molecule has 0 amide bonds. The minimum atomic E-state index is 0.988. The third-order valence-corrected chi connectivity index (χ3v) is 13.7. The Bertz CT molecular complexity index is 2030. The van der Waals surface area contributed by atoms with Gasteiger partial charge in [0.1, 0.15) is 23.0 Å². The second kappa shape index (κ2) is 20.0. The van der Waals surface area contributed by atoms with Gasteiger partial charge in [-0.3, -0.25) is 0 Å². The number of furan rings is 2. The Morgan fingerprint density at radius 3 is 1.09 bits per heavy atom. The molecular formula is C50H62O2S2. The highest BCUT2D eigenvalue weighted by atomic mass is 32.1. The number of hydrogen-bond acceptors (Lipinski definition) is 4. The van der Waals surface area contributed by atoms with Crippen LogP contribution in [0.5, 0.6) is 0 Å². The van der Waals surface area contributed by atoms with Crippen molar-refractivity contribution in [2.45, 2.75) is 155 Å². The van der Waals surface area contributed by atoms with Crippen LogP contribution < -0.4 is 0 Å². The third-order valence-electron chi connectivity index (χ3n) is 11.5. The highest BCUT2D eigenvalue weighted by molar-refractivity contribution is 7.27. The predicted octanol–water partition coefficient (Wildman–Crippen LogP) is 17.9. The van der Waals surface area contributed by atoms with Gasteiger partial charge in [-0.15, -0.1) is 22.7 Å². The third kappa shape index (κ3) is 10.1. The normalized spacial score (nSPS) is 12.0. The summed E-state index contributed by atoms with van der Waals surface area (Å²) in [6.45, 7) is 4.58. The van der Waals surface area contributed by atoms with Crippen LogP contribution in [0.3, 0.4) is 0 Å². The van der Waals surface area contributed by atoms with E-state index in [2.05, 4.69) is 86.6 Å². The molecule has 0 fully saturated rings. The van der Waals surface area contributed by atoms with E-state index >= 15 is 0 Å². The quantitative estimate of drug-likeness (QED) is 0.0574. The van der Waals surface area contributed by atoms with Crippen molar-refractivity contribution < 1.29 is 8.83 Å². The second-order valence-corrected chi connectivity index (χ2v) is 18.0. The van der Waals surface area contributed by atoms with Crippen LogP contribution in [0.15, 0.2) is 81.6 Å². The lowest BCUT2D eigenvalue weighted by atomic mass is 10.1. The van der Waals surface area contributed by atoms with Crippen LogP contribution in [0.2, 0.25) is 0 Å². The number of thiophene rings is 2. The van der Waals surface area contributed by atoms with Crippen molar-refractivity contribution in [3.05, 3.63) is 84.3 Å². The smallest absolute Gasteiger partial charge is 0.134 e. The standard InChI is InChI=1S/C50H62O2S2/c1-3-5-7-9-11-13-15-17-19-21-23-39-27-31-45(51-39)37-25-29-41-43-35-50-44(36-49(43)53-47(41)33-37)42-30-26-38(34-48(42)54-50)46-32-28-40(52-46)24-22-20-18-16-14-12-10-8-6-4-2/h25-36H,3-24H2,1-2H3. The lowest BCUT2D eigenvalue weighted by molar-refractivity contribution is 0.499. The Hall–Kier alpha value is -3.34. The molecule has 0 N–H and O–H groups in total. The SMILES string of the molecule is CCCCCCCCCCCCc1ccc(-c2ccc3c(c2)sc2cc4c(cc23)sc2cc(-c3ccc(CCCCCCCCCCCC)o3)ccc24)o1. The van der Waals surface area contributed by atoms with Gasteiger partial charge in [-0.2, -0.15) is 0 Å². The molecule has 4 heterocycles. The molecule has 0 spiro atoms. The van der Waals surface area contributed by atoms with Crippen molar-refractivity contribution in [1.82, 2.24) is 0 Å². The monoisotopic (exact) mass is 758 g/mol. The molecule has 7 rings (SSSR count). The van der Waals surface area contributed by atoms with Crippen LogP contribution >= 0.6 is 22.7 Å². The van der Waals surface area contributed by atoms with E-state index in [9.17, 15) is 0 Å². The molecule has 0 saturated heterocycles. The summed E-state index contributed by atoms with van der Waals surface area (Å²) in [4.78, 5) is 0. The maximum Gasteiger partial charge on any atom is 0.134 e. The summed E-state index contributed by atoms with van der Waals surface area (Å²) < 4.78 is 18.1. The molecule has 0 saturated carbocycles. The van der Waals surface area contributed by atoms with Crippen molar-refractivity contribution in [3.8, 4) is 22.6 Å². The first-order valence-electron chi connectivity index (χ1n) is 21.7. The van der Waals surface area contributed by atoms with Gasteiger partial charge in [-0.1, -0.05) is 154 Å². The molecular weight excluding hydrogens is 697 g/mol. The van der Waals surface area contributed by atoms with E-state index in [1.807, 2.05) is 22.7 Å². The molecule has 54 heavy (non-hydrogen) atoms. The second-order valence-electron chi connectivity index (χ2n) is 15.9. The number of benzene rings is 3. The van der Waals surface area contributed by atoms with E-state index in [0.29, 0.717) is 0 Å². The first-order valence-corrected chi connectivity index (χ1v) is 23.3. The fourth-order valence-corrected chi connectivity index (χ4v) is 10.6. The molecule has 4 heteroatoms. The first kappa shape index (κ1) is 38.9. The molecule has 0 unspecified atom stereocenters. The molecule has 0 aliphatic heterocycles. The van der Waals surface area contributed by atoms with E-state index < -0.39 is 0 Å². The molecule has 4 aromatic heterocycles. The van der Waals surface area contributed by atoms with Gasteiger partial charge in [0, 0.05) is 64.3 Å². The summed E-state index contributed by atoms with van der Waals surface area (Å²) in [5, 5.41) is 5.37. The van der Waals surface area contributed by atoms with Crippen molar-refractivity contribution in [2.75, 3.05) is 0 Å². The van der Waals surface area contributed by atoms with Crippen molar-refractivity contribution in [2.24, 2.45) is 0 Å². The summed E-state index contributed by atoms with van der Waals surface area (Å²) in [6.07, 6.45) is 29.3. The van der Waals surface area contributed by atoms with Gasteiger partial charge in [0.25, 0.3) is 0 Å². The number of aryl methyl sites for hydroxylation is 2. The maximum atomic E-state index is 6.36. The predicted molar refractivity (Wildman–Crippen MR) is 239 cm³/mol. The van der Waals surface area contributed by atoms with Crippen LogP contribution in [-0.2, 0) is 12.8 Å². The van der Waals surface area contributed by atoms with Crippen molar-refractivity contribution in [1.29, 1.82) is 0 Å². The summed E-state index contributed by atoms with van der Waals surface area (Å²) in [6, 6.07) is 27.3. The number of hydrogen-bond donors (Lipinski definition) is 0. The maximum absolute atomic E-state index is 6.36. The van der Waals surface area contributed by atoms with Crippen LogP contribution in [-0.4, -0.2) is 0 Å². The zero-order valence-electron chi connectivity index (χ0n) is 33.1. The highest BCUT2D eigenvalue weighted by Gasteiger charge is 2.14.